The van der Waals surface area contributed by atoms with Crippen LogP contribution in [0.25, 0.3) is 11.6 Å². The van der Waals surface area contributed by atoms with Crippen LogP contribution in [0.5, 0.6) is 0 Å². The summed E-state index contributed by atoms with van der Waals surface area (Å²) in [6.45, 7) is 2.78. The minimum atomic E-state index is -4.28. The van der Waals surface area contributed by atoms with Crippen LogP contribution >= 0.6 is 24.2 Å². The molecule has 0 saturated heterocycles. The Balaban J connectivity index is 0.00000274. The third-order valence-electron chi connectivity index (χ3n) is 7.05. The van der Waals surface area contributed by atoms with Gasteiger partial charge in [-0.15, -0.1) is 22.6 Å². The van der Waals surface area contributed by atoms with E-state index in [4.69, 9.17) is 4.42 Å². The number of hydrogen-bond donors (Lipinski definition) is 1. The maximum Gasteiger partial charge on any atom is 0.416 e. The van der Waals surface area contributed by atoms with Crippen LogP contribution in [-0.4, -0.2) is 38.1 Å². The molecule has 2 aliphatic carbocycles. The molecule has 34 heavy (non-hydrogen) atoms. The van der Waals surface area contributed by atoms with Crippen molar-refractivity contribution in [2.24, 2.45) is 13.0 Å². The Morgan fingerprint density at radius 1 is 1.24 bits per heavy atom. The van der Waals surface area contributed by atoms with Gasteiger partial charge in [0.05, 0.1) is 11.3 Å². The molecule has 0 amide bonds. The van der Waals surface area contributed by atoms with Crippen molar-refractivity contribution in [2.45, 2.75) is 55.4 Å². The number of halogens is 4. The first-order valence-electron chi connectivity index (χ1n) is 11.1. The van der Waals surface area contributed by atoms with E-state index in [2.05, 4.69) is 20.5 Å². The van der Waals surface area contributed by atoms with Crippen molar-refractivity contribution in [3.05, 3.63) is 47.5 Å². The number of aryl methyl sites for hydroxylation is 1. The van der Waals surface area contributed by atoms with Gasteiger partial charge in [-0.1, -0.05) is 23.9 Å². The molecule has 2 aromatic heterocycles. The van der Waals surface area contributed by atoms with Crippen LogP contribution in [0.1, 0.15) is 42.5 Å². The second-order valence-corrected chi connectivity index (χ2v) is 10.0. The van der Waals surface area contributed by atoms with E-state index in [1.54, 1.807) is 23.9 Å². The van der Waals surface area contributed by atoms with E-state index in [9.17, 15) is 13.2 Å². The molecule has 184 valence electrons. The molecule has 11 heteroatoms. The zero-order valence-corrected chi connectivity index (χ0v) is 20.6. The van der Waals surface area contributed by atoms with Crippen molar-refractivity contribution in [1.82, 2.24) is 25.1 Å². The smallest absolute Gasteiger partial charge is 0.416 e. The molecule has 0 aliphatic heterocycles. The number of thioether (sulfide) groups is 1. The van der Waals surface area contributed by atoms with Gasteiger partial charge >= 0.3 is 6.18 Å². The van der Waals surface area contributed by atoms with Crippen molar-refractivity contribution in [3.8, 4) is 11.6 Å². The number of alkyl halides is 3. The maximum absolute atomic E-state index is 12.9. The van der Waals surface area contributed by atoms with Crippen molar-refractivity contribution < 1.29 is 17.6 Å². The molecule has 0 radical (unpaired) electrons. The highest BCUT2D eigenvalue weighted by Crippen LogP contribution is 2.64. The van der Waals surface area contributed by atoms with E-state index in [0.29, 0.717) is 23.5 Å². The molecule has 2 heterocycles. The second-order valence-electron chi connectivity index (χ2n) is 8.98. The highest BCUT2D eigenvalue weighted by Gasteiger charge is 2.62. The zero-order chi connectivity index (χ0) is 23.2. The summed E-state index contributed by atoms with van der Waals surface area (Å²) in [6.07, 6.45) is 1.30. The highest BCUT2D eigenvalue weighted by molar-refractivity contribution is 7.99. The number of nitrogens with zero attached hydrogens (tertiary/aromatic N) is 4. The Kier molecular flexibility index (Phi) is 7.04. The Morgan fingerprint density at radius 2 is 2.00 bits per heavy atom. The van der Waals surface area contributed by atoms with E-state index >= 15 is 0 Å². The number of hydrogen-bond acceptors (Lipinski definition) is 6. The molecule has 1 unspecified atom stereocenters. The van der Waals surface area contributed by atoms with Gasteiger partial charge in [-0.25, -0.2) is 4.98 Å². The largest absolute Gasteiger partial charge is 0.440 e. The van der Waals surface area contributed by atoms with Crippen LogP contribution in [0.3, 0.4) is 0 Å². The fourth-order valence-corrected chi connectivity index (χ4v) is 6.00. The van der Waals surface area contributed by atoms with Gasteiger partial charge in [0.25, 0.3) is 0 Å². The number of rotatable bonds is 8. The predicted octanol–water partition coefficient (Wildman–Crippen LogP) is 5.41. The van der Waals surface area contributed by atoms with Crippen LogP contribution in [0.2, 0.25) is 0 Å². The monoisotopic (exact) mass is 513 g/mol. The van der Waals surface area contributed by atoms with Gasteiger partial charge in [0.1, 0.15) is 0 Å². The molecule has 1 aromatic carbocycles. The molecule has 2 saturated carbocycles. The fourth-order valence-electron chi connectivity index (χ4n) is 5.15. The molecule has 6 nitrogen and oxygen atoms in total. The van der Waals surface area contributed by atoms with Gasteiger partial charge in [0.2, 0.25) is 5.82 Å². The van der Waals surface area contributed by atoms with Gasteiger partial charge in [0.15, 0.2) is 17.3 Å². The first-order valence-corrected chi connectivity index (χ1v) is 12.1. The van der Waals surface area contributed by atoms with Crippen LogP contribution in [0, 0.1) is 12.8 Å². The minimum absolute atomic E-state index is 0. The third-order valence-corrected chi connectivity index (χ3v) is 8.16. The molecule has 2 fully saturated rings. The van der Waals surface area contributed by atoms with Gasteiger partial charge < -0.3 is 14.3 Å². The standard InChI is InChI=1S/C23H26F3N5OS.ClH/c1-14-19(32-13-28-14)20-29-30-21(31(20)2)33-11-3-10-27-18-8-9-22(12-17(18)22)15-4-6-16(7-5-15)23(24,25)26;/h4-7,13,17-18,27H,3,8-12H2,1-2H3;1H/t17?,18-,22+;/m0./s1. The van der Waals surface area contributed by atoms with Gasteiger partial charge in [0, 0.05) is 24.3 Å². The molecule has 0 bridgehead atoms. The van der Waals surface area contributed by atoms with Crippen LogP contribution < -0.4 is 5.32 Å². The van der Waals surface area contributed by atoms with E-state index in [1.807, 2.05) is 18.5 Å². The van der Waals surface area contributed by atoms with Crippen molar-refractivity contribution in [2.75, 3.05) is 12.3 Å². The summed E-state index contributed by atoms with van der Waals surface area (Å²) in [5.41, 5.74) is 1.34. The van der Waals surface area contributed by atoms with E-state index in [1.165, 1.54) is 18.5 Å². The van der Waals surface area contributed by atoms with Gasteiger partial charge in [-0.2, -0.15) is 13.2 Å². The third kappa shape index (κ3) is 4.59. The summed E-state index contributed by atoms with van der Waals surface area (Å²) >= 11 is 1.66. The average Bonchev–Trinajstić information content (AvgIpc) is 3.01. The summed E-state index contributed by atoms with van der Waals surface area (Å²) in [7, 11) is 1.92. The number of aromatic nitrogens is 4. The lowest BCUT2D eigenvalue weighted by Gasteiger charge is -2.14. The number of oxazole rings is 1. The molecule has 0 spiro atoms. The molecule has 5 rings (SSSR count). The number of nitrogens with one attached hydrogen (secondary N) is 1. The summed E-state index contributed by atoms with van der Waals surface area (Å²) in [6, 6.07) is 6.24. The summed E-state index contributed by atoms with van der Waals surface area (Å²) in [4.78, 5) is 4.11. The van der Waals surface area contributed by atoms with Gasteiger partial charge in [-0.05, 0) is 62.8 Å². The van der Waals surface area contributed by atoms with E-state index < -0.39 is 11.7 Å². The molecule has 2 aliphatic rings. The number of benzene rings is 1. The normalized spacial score (nSPS) is 23.6. The maximum atomic E-state index is 12.9. The Bertz CT molecular complexity index is 1130. The van der Waals surface area contributed by atoms with Crippen LogP contribution in [-0.2, 0) is 18.6 Å². The molecular weight excluding hydrogens is 487 g/mol. The fraction of sp³-hybridized carbons (Fsp3) is 0.522. The lowest BCUT2D eigenvalue weighted by Crippen LogP contribution is -2.30. The van der Waals surface area contributed by atoms with Gasteiger partial charge in [-0.3, -0.25) is 0 Å². The van der Waals surface area contributed by atoms with Crippen LogP contribution in [0.15, 0.2) is 40.2 Å². The van der Waals surface area contributed by atoms with Crippen molar-refractivity contribution in [3.63, 3.8) is 0 Å². The quantitative estimate of drug-likeness (QED) is 0.321. The van der Waals surface area contributed by atoms with E-state index in [0.717, 1.165) is 54.4 Å². The van der Waals surface area contributed by atoms with Crippen LogP contribution in [0.4, 0.5) is 13.2 Å². The topological polar surface area (TPSA) is 68.8 Å². The summed E-state index contributed by atoms with van der Waals surface area (Å²) in [5.74, 6) is 2.74. The highest BCUT2D eigenvalue weighted by atomic mass is 35.5. The number of fused-ring (bicyclic) bond motifs is 1. The Morgan fingerprint density at radius 3 is 2.65 bits per heavy atom. The lowest BCUT2D eigenvalue weighted by molar-refractivity contribution is -0.137. The molecule has 3 atom stereocenters. The average molecular weight is 514 g/mol. The first kappa shape index (κ1) is 25.1. The molecule has 1 N–H and O–H groups in total. The summed E-state index contributed by atoms with van der Waals surface area (Å²) in [5, 5.41) is 13.0. The zero-order valence-electron chi connectivity index (χ0n) is 18.9. The first-order chi connectivity index (χ1) is 15.8. The predicted molar refractivity (Wildman–Crippen MR) is 126 cm³/mol. The second kappa shape index (κ2) is 9.54. The Hall–Kier alpha value is -2.04. The SMILES string of the molecule is Cc1ncoc1-c1nnc(SCCCN[C@H]2CC[C@]3(c4ccc(C(F)(F)F)cc4)CC23)n1C.Cl. The molecular formula is C23H27ClF3N5OS. The van der Waals surface area contributed by atoms with Crippen molar-refractivity contribution in [1.29, 1.82) is 0 Å². The minimum Gasteiger partial charge on any atom is -0.440 e. The Labute approximate surface area is 206 Å². The lowest BCUT2D eigenvalue weighted by atomic mass is 9.92. The molecule has 3 aromatic rings. The van der Waals surface area contributed by atoms with Crippen molar-refractivity contribution >= 4 is 24.2 Å². The summed E-state index contributed by atoms with van der Waals surface area (Å²) < 4.78 is 45.9. The van der Waals surface area contributed by atoms with E-state index in [-0.39, 0.29) is 17.8 Å².